The molecule has 0 aliphatic carbocycles. The van der Waals surface area contributed by atoms with Gasteiger partial charge in [0, 0.05) is 46.8 Å². The van der Waals surface area contributed by atoms with Gasteiger partial charge in [-0.3, -0.25) is 0 Å². The lowest BCUT2D eigenvalue weighted by molar-refractivity contribution is 0.850. The maximum absolute atomic E-state index is 6.50. The van der Waals surface area contributed by atoms with Gasteiger partial charge in [0.15, 0.2) is 0 Å². The topological polar surface area (TPSA) is 6.48 Å². The first-order valence-electron chi connectivity index (χ1n) is 10.3. The summed E-state index contributed by atoms with van der Waals surface area (Å²) in [6, 6.07) is 28.5. The van der Waals surface area contributed by atoms with E-state index in [9.17, 15) is 0 Å². The van der Waals surface area contributed by atoms with Gasteiger partial charge in [-0.2, -0.15) is 0 Å². The van der Waals surface area contributed by atoms with Crippen LogP contribution in [0.5, 0.6) is 0 Å². The Morgan fingerprint density at radius 3 is 1.43 bits per heavy atom. The lowest BCUT2D eigenvalue weighted by Crippen LogP contribution is -2.33. The minimum absolute atomic E-state index is 0.469. The van der Waals surface area contributed by atoms with E-state index in [2.05, 4.69) is 130 Å². The predicted molar refractivity (Wildman–Crippen MR) is 139 cm³/mol. The molecule has 0 atom stereocenters. The molecule has 0 radical (unpaired) electrons. The van der Waals surface area contributed by atoms with Crippen molar-refractivity contribution in [2.75, 3.05) is 57.5 Å². The zero-order chi connectivity index (χ0) is 21.9. The van der Waals surface area contributed by atoms with E-state index in [1.165, 1.54) is 27.8 Å². The highest BCUT2D eigenvalue weighted by Gasteiger charge is 2.36. The van der Waals surface area contributed by atoms with Crippen molar-refractivity contribution in [2.45, 2.75) is 4.75 Å². The quantitative estimate of drug-likeness (QED) is 0.371. The molecule has 0 N–H and O–H groups in total. The van der Waals surface area contributed by atoms with E-state index in [4.69, 9.17) is 12.6 Å². The summed E-state index contributed by atoms with van der Waals surface area (Å²) in [5.74, 6) is 0. The normalized spacial score (nSPS) is 12.0. The number of rotatable bonds is 7. The van der Waals surface area contributed by atoms with Gasteiger partial charge >= 0.3 is 0 Å². The molecular weight excluding hydrogens is 403 g/mol. The first kappa shape index (κ1) is 22.7. The van der Waals surface area contributed by atoms with E-state index in [1.54, 1.807) is 0 Å². The van der Waals surface area contributed by atoms with Gasteiger partial charge < -0.3 is 22.4 Å². The first-order chi connectivity index (χ1) is 14.1. The van der Waals surface area contributed by atoms with Crippen LogP contribution >= 0.6 is 7.26 Å². The fourth-order valence-corrected chi connectivity index (χ4v) is 7.77. The summed E-state index contributed by atoms with van der Waals surface area (Å²) in [5, 5.41) is 1.43. The molecule has 0 unspecified atom stereocenters. The highest BCUT2D eigenvalue weighted by atomic mass is 32.1. The second-order valence-electron chi connectivity index (χ2n) is 8.89. The summed E-state index contributed by atoms with van der Waals surface area (Å²) in [5.41, 5.74) is 4.78. The molecule has 0 aliphatic rings. The second kappa shape index (κ2) is 9.04. The summed E-state index contributed by atoms with van der Waals surface area (Å²) in [4.78, 5) is 4.25. The fourth-order valence-electron chi connectivity index (χ4n) is 3.89. The number of hydrogen-bond donors (Lipinski definition) is 0. The van der Waals surface area contributed by atoms with E-state index in [1.807, 2.05) is 0 Å². The Labute approximate surface area is 188 Å². The number of nitrogens with zero attached hydrogens (tertiary/aromatic N) is 2. The van der Waals surface area contributed by atoms with Crippen LogP contribution in [0.15, 0.2) is 78.9 Å². The number of hydrogen-bond acceptors (Lipinski definition) is 3. The Kier molecular flexibility index (Phi) is 6.84. The summed E-state index contributed by atoms with van der Waals surface area (Å²) in [7, 11) is 6.84. The van der Waals surface area contributed by atoms with Crippen LogP contribution in [0.1, 0.15) is 11.1 Å². The van der Waals surface area contributed by atoms with Crippen LogP contribution in [0.3, 0.4) is 0 Å². The maximum Gasteiger partial charge on any atom is 0.0933 e. The minimum atomic E-state index is -1.43. The highest BCUT2D eigenvalue weighted by molar-refractivity contribution is 7.82. The van der Waals surface area contributed by atoms with Gasteiger partial charge in [0.25, 0.3) is 0 Å². The molecule has 0 amide bonds. The summed E-state index contributed by atoms with van der Waals surface area (Å²) in [6.07, 6.45) is 0.946. The Balaban J connectivity index is 2.08. The van der Waals surface area contributed by atoms with Crippen LogP contribution in [0.25, 0.3) is 0 Å². The van der Waals surface area contributed by atoms with Gasteiger partial charge in [0.1, 0.15) is 0 Å². The van der Waals surface area contributed by atoms with Gasteiger partial charge in [-0.05, 0) is 36.4 Å². The largest absolute Gasteiger partial charge is 0.773 e. The standard InChI is InChI=1S/C26H33N2PS/c1-27(2)23-16-12-21(13-17-23)26(30,22-14-18-24(19-15-22)28(3)4)20-29(5,6)25-10-8-7-9-11-25/h7-19H,20H2,1-6H3. The molecule has 30 heavy (non-hydrogen) atoms. The van der Waals surface area contributed by atoms with Crippen molar-refractivity contribution in [3.05, 3.63) is 90.0 Å². The molecule has 0 saturated heterocycles. The zero-order valence-corrected chi connectivity index (χ0v) is 20.7. The van der Waals surface area contributed by atoms with Crippen molar-refractivity contribution in [3.8, 4) is 0 Å². The van der Waals surface area contributed by atoms with Crippen LogP contribution < -0.4 is 15.1 Å². The SMILES string of the molecule is CN(C)c1ccc(C([S-])(C[P+](C)(C)c2ccccc2)c2ccc(N(C)C)cc2)cc1. The fraction of sp³-hybridized carbons (Fsp3) is 0.308. The Bertz CT molecular complexity index is 897. The van der Waals surface area contributed by atoms with Gasteiger partial charge in [-0.25, -0.2) is 0 Å². The van der Waals surface area contributed by atoms with Crippen molar-refractivity contribution >= 4 is 36.6 Å². The highest BCUT2D eigenvalue weighted by Crippen LogP contribution is 2.56. The second-order valence-corrected chi connectivity index (χ2v) is 13.8. The third kappa shape index (κ3) is 4.85. The molecule has 3 aromatic carbocycles. The molecule has 0 heterocycles. The molecule has 3 aromatic rings. The predicted octanol–water partition coefficient (Wildman–Crippen LogP) is 5.21. The van der Waals surface area contributed by atoms with Crippen molar-refractivity contribution in [1.29, 1.82) is 0 Å². The van der Waals surface area contributed by atoms with Crippen LogP contribution in [0.4, 0.5) is 11.4 Å². The van der Waals surface area contributed by atoms with E-state index < -0.39 is 12.0 Å². The molecule has 0 bridgehead atoms. The lowest BCUT2D eigenvalue weighted by Gasteiger charge is -2.44. The molecule has 4 heteroatoms. The summed E-state index contributed by atoms with van der Waals surface area (Å²) < 4.78 is -0.469. The van der Waals surface area contributed by atoms with Crippen molar-refractivity contribution < 1.29 is 0 Å². The number of anilines is 2. The molecule has 0 fully saturated rings. The average Bonchev–Trinajstić information content (AvgIpc) is 2.74. The molecule has 0 aromatic heterocycles. The molecule has 3 rings (SSSR count). The number of benzene rings is 3. The average molecular weight is 437 g/mol. The molecule has 0 saturated carbocycles. The minimum Gasteiger partial charge on any atom is -0.773 e. The van der Waals surface area contributed by atoms with Gasteiger partial charge in [0.2, 0.25) is 0 Å². The molecule has 158 valence electrons. The van der Waals surface area contributed by atoms with E-state index in [-0.39, 0.29) is 0 Å². The van der Waals surface area contributed by atoms with Crippen LogP contribution in [-0.4, -0.2) is 47.7 Å². The molecule has 0 spiro atoms. The van der Waals surface area contributed by atoms with E-state index >= 15 is 0 Å². The van der Waals surface area contributed by atoms with Crippen molar-refractivity contribution in [3.63, 3.8) is 0 Å². The zero-order valence-electron chi connectivity index (χ0n) is 19.0. The Morgan fingerprint density at radius 2 is 1.07 bits per heavy atom. The van der Waals surface area contributed by atoms with Crippen molar-refractivity contribution in [1.82, 2.24) is 0 Å². The monoisotopic (exact) mass is 436 g/mol. The lowest BCUT2D eigenvalue weighted by atomic mass is 9.91. The third-order valence-electron chi connectivity index (χ3n) is 5.77. The maximum atomic E-state index is 6.50. The Morgan fingerprint density at radius 1 is 0.667 bits per heavy atom. The first-order valence-corrected chi connectivity index (χ1v) is 13.6. The van der Waals surface area contributed by atoms with Gasteiger partial charge in [-0.1, -0.05) is 58.3 Å². The summed E-state index contributed by atoms with van der Waals surface area (Å²) in [6.45, 7) is 4.82. The smallest absolute Gasteiger partial charge is 0.0933 e. The third-order valence-corrected chi connectivity index (χ3v) is 9.56. The van der Waals surface area contributed by atoms with E-state index in [0.717, 1.165) is 6.16 Å². The van der Waals surface area contributed by atoms with Gasteiger partial charge in [-0.15, -0.1) is 0 Å². The Hall–Kier alpha value is -1.96. The molecule has 2 nitrogen and oxygen atoms in total. The van der Waals surface area contributed by atoms with Crippen LogP contribution in [0.2, 0.25) is 0 Å². The van der Waals surface area contributed by atoms with E-state index in [0.29, 0.717) is 0 Å². The summed E-state index contributed by atoms with van der Waals surface area (Å²) >= 11 is 6.50. The molecular formula is C26H33N2PS. The van der Waals surface area contributed by atoms with Crippen LogP contribution in [-0.2, 0) is 17.4 Å². The van der Waals surface area contributed by atoms with Crippen LogP contribution in [0, 0.1) is 0 Å². The molecule has 0 aliphatic heterocycles. The van der Waals surface area contributed by atoms with Crippen molar-refractivity contribution in [2.24, 2.45) is 0 Å². The van der Waals surface area contributed by atoms with Gasteiger partial charge in [0.05, 0.1) is 24.8 Å².